The first-order chi connectivity index (χ1) is 12.1. The SMILES string of the molecule is COc1cccc(Oc2c(C)oc3cc(OCC#N)ccc3c2=O)c1. The van der Waals surface area contributed by atoms with Gasteiger partial charge in [-0.3, -0.25) is 4.79 Å². The van der Waals surface area contributed by atoms with Gasteiger partial charge in [0.05, 0.1) is 12.5 Å². The van der Waals surface area contributed by atoms with E-state index >= 15 is 0 Å². The van der Waals surface area contributed by atoms with Crippen LogP contribution in [-0.2, 0) is 0 Å². The Labute approximate surface area is 143 Å². The summed E-state index contributed by atoms with van der Waals surface area (Å²) in [7, 11) is 1.56. The van der Waals surface area contributed by atoms with E-state index in [9.17, 15) is 4.79 Å². The summed E-state index contributed by atoms with van der Waals surface area (Å²) in [5.74, 6) is 2.02. The molecule has 3 rings (SSSR count). The summed E-state index contributed by atoms with van der Waals surface area (Å²) in [6.07, 6.45) is 0. The molecule has 0 atom stereocenters. The number of hydrogen-bond acceptors (Lipinski definition) is 6. The topological polar surface area (TPSA) is 81.7 Å². The Balaban J connectivity index is 2.01. The standard InChI is InChI=1S/C19H15NO5/c1-12-19(25-15-5-3-4-13(10-15)22-2)18(21)16-7-6-14(23-9-8-20)11-17(16)24-12/h3-7,10-11H,9H2,1-2H3. The maximum absolute atomic E-state index is 12.7. The highest BCUT2D eigenvalue weighted by molar-refractivity contribution is 5.79. The van der Waals surface area contributed by atoms with Crippen LogP contribution in [0.4, 0.5) is 0 Å². The average Bonchev–Trinajstić information content (AvgIpc) is 2.63. The minimum atomic E-state index is -0.284. The molecule has 0 amide bonds. The second kappa shape index (κ2) is 6.97. The Kier molecular flexibility index (Phi) is 4.57. The van der Waals surface area contributed by atoms with Crippen LogP contribution >= 0.6 is 0 Å². The summed E-state index contributed by atoms with van der Waals surface area (Å²) < 4.78 is 21.8. The smallest absolute Gasteiger partial charge is 0.235 e. The Bertz CT molecular complexity index is 1020. The summed E-state index contributed by atoms with van der Waals surface area (Å²) in [6, 6.07) is 13.6. The number of methoxy groups -OCH3 is 1. The van der Waals surface area contributed by atoms with E-state index in [0.29, 0.717) is 34.0 Å². The Morgan fingerprint density at radius 3 is 2.68 bits per heavy atom. The molecule has 1 aromatic heterocycles. The third-order valence-electron chi connectivity index (χ3n) is 3.55. The van der Waals surface area contributed by atoms with Crippen molar-refractivity contribution in [3.05, 3.63) is 58.4 Å². The van der Waals surface area contributed by atoms with Crippen molar-refractivity contribution in [2.24, 2.45) is 0 Å². The third kappa shape index (κ3) is 3.40. The minimum absolute atomic E-state index is 0.0776. The van der Waals surface area contributed by atoms with Gasteiger partial charge in [-0.2, -0.15) is 5.26 Å². The molecule has 0 fully saturated rings. The molecule has 0 saturated carbocycles. The van der Waals surface area contributed by atoms with E-state index in [2.05, 4.69) is 0 Å². The maximum atomic E-state index is 12.7. The average molecular weight is 337 g/mol. The lowest BCUT2D eigenvalue weighted by Crippen LogP contribution is -2.07. The van der Waals surface area contributed by atoms with Gasteiger partial charge < -0.3 is 18.6 Å². The molecule has 0 aliphatic carbocycles. The van der Waals surface area contributed by atoms with E-state index in [1.807, 2.05) is 6.07 Å². The number of fused-ring (bicyclic) bond motifs is 1. The fourth-order valence-corrected chi connectivity index (χ4v) is 2.37. The predicted octanol–water partition coefficient (Wildman–Crippen LogP) is 3.80. The summed E-state index contributed by atoms with van der Waals surface area (Å²) in [6.45, 7) is 1.57. The van der Waals surface area contributed by atoms with Crippen molar-refractivity contribution in [3.63, 3.8) is 0 Å². The first kappa shape index (κ1) is 16.4. The van der Waals surface area contributed by atoms with Crippen LogP contribution in [0.2, 0.25) is 0 Å². The Morgan fingerprint density at radius 1 is 1.12 bits per heavy atom. The molecule has 6 nitrogen and oxygen atoms in total. The zero-order valence-electron chi connectivity index (χ0n) is 13.7. The largest absolute Gasteiger partial charge is 0.497 e. The number of benzene rings is 2. The van der Waals surface area contributed by atoms with E-state index in [1.165, 1.54) is 0 Å². The molecule has 0 radical (unpaired) electrons. The molecule has 0 aliphatic heterocycles. The highest BCUT2D eigenvalue weighted by atomic mass is 16.5. The quantitative estimate of drug-likeness (QED) is 0.704. The Hall–Kier alpha value is -3.46. The van der Waals surface area contributed by atoms with E-state index in [4.69, 9.17) is 23.9 Å². The van der Waals surface area contributed by atoms with Gasteiger partial charge in [-0.25, -0.2) is 0 Å². The fourth-order valence-electron chi connectivity index (χ4n) is 2.37. The lowest BCUT2D eigenvalue weighted by atomic mass is 10.2. The molecular weight excluding hydrogens is 322 g/mol. The molecule has 3 aromatic rings. The molecule has 2 aromatic carbocycles. The van der Waals surface area contributed by atoms with Crippen molar-refractivity contribution < 1.29 is 18.6 Å². The van der Waals surface area contributed by atoms with Crippen molar-refractivity contribution in [1.82, 2.24) is 0 Å². The second-order valence-electron chi connectivity index (χ2n) is 5.20. The van der Waals surface area contributed by atoms with Crippen LogP contribution in [0.1, 0.15) is 5.76 Å². The van der Waals surface area contributed by atoms with Crippen molar-refractivity contribution in [2.75, 3.05) is 13.7 Å². The summed E-state index contributed by atoms with van der Waals surface area (Å²) >= 11 is 0. The monoisotopic (exact) mass is 337 g/mol. The van der Waals surface area contributed by atoms with Crippen molar-refractivity contribution in [3.8, 4) is 29.1 Å². The number of nitriles is 1. The third-order valence-corrected chi connectivity index (χ3v) is 3.55. The van der Waals surface area contributed by atoms with Crippen molar-refractivity contribution >= 4 is 11.0 Å². The molecule has 1 heterocycles. The molecular formula is C19H15NO5. The number of rotatable bonds is 5. The van der Waals surface area contributed by atoms with Gasteiger partial charge in [0, 0.05) is 12.1 Å². The van der Waals surface area contributed by atoms with Crippen LogP contribution in [0.25, 0.3) is 11.0 Å². The zero-order valence-corrected chi connectivity index (χ0v) is 13.7. The first-order valence-corrected chi connectivity index (χ1v) is 7.51. The highest BCUT2D eigenvalue weighted by Gasteiger charge is 2.15. The van der Waals surface area contributed by atoms with Gasteiger partial charge in [-0.15, -0.1) is 0 Å². The van der Waals surface area contributed by atoms with E-state index in [-0.39, 0.29) is 17.8 Å². The maximum Gasteiger partial charge on any atom is 0.235 e. The number of hydrogen-bond donors (Lipinski definition) is 0. The van der Waals surface area contributed by atoms with E-state index < -0.39 is 0 Å². The van der Waals surface area contributed by atoms with Crippen LogP contribution in [0.5, 0.6) is 23.0 Å². The van der Waals surface area contributed by atoms with Crippen LogP contribution in [-0.4, -0.2) is 13.7 Å². The number of nitrogens with zero attached hydrogens (tertiary/aromatic N) is 1. The van der Waals surface area contributed by atoms with Gasteiger partial charge in [0.15, 0.2) is 6.61 Å². The van der Waals surface area contributed by atoms with Crippen molar-refractivity contribution in [1.29, 1.82) is 5.26 Å². The number of ether oxygens (including phenoxy) is 3. The minimum Gasteiger partial charge on any atom is -0.497 e. The van der Waals surface area contributed by atoms with Crippen LogP contribution in [0.15, 0.2) is 51.7 Å². The summed E-state index contributed by atoms with van der Waals surface area (Å²) in [5, 5.41) is 8.94. The molecule has 0 saturated heterocycles. The molecule has 6 heteroatoms. The van der Waals surface area contributed by atoms with Gasteiger partial charge >= 0.3 is 0 Å². The zero-order chi connectivity index (χ0) is 17.8. The van der Waals surface area contributed by atoms with Gasteiger partial charge in [0.25, 0.3) is 0 Å². The molecule has 0 unspecified atom stereocenters. The first-order valence-electron chi connectivity index (χ1n) is 7.51. The van der Waals surface area contributed by atoms with Crippen molar-refractivity contribution in [2.45, 2.75) is 6.92 Å². The predicted molar refractivity (Wildman–Crippen MR) is 91.4 cm³/mol. The molecule has 0 N–H and O–H groups in total. The normalized spacial score (nSPS) is 10.3. The Morgan fingerprint density at radius 2 is 1.92 bits per heavy atom. The fraction of sp³-hybridized carbons (Fsp3) is 0.158. The molecule has 25 heavy (non-hydrogen) atoms. The van der Waals surface area contributed by atoms with Crippen LogP contribution in [0, 0.1) is 18.3 Å². The molecule has 0 aliphatic rings. The van der Waals surface area contributed by atoms with Gasteiger partial charge in [-0.1, -0.05) is 6.07 Å². The van der Waals surface area contributed by atoms with Crippen LogP contribution in [0.3, 0.4) is 0 Å². The second-order valence-corrected chi connectivity index (χ2v) is 5.20. The number of aryl methyl sites for hydroxylation is 1. The van der Waals surface area contributed by atoms with Crippen LogP contribution < -0.4 is 19.6 Å². The lowest BCUT2D eigenvalue weighted by molar-refractivity contribution is 0.367. The van der Waals surface area contributed by atoms with E-state index in [0.717, 1.165) is 0 Å². The lowest BCUT2D eigenvalue weighted by Gasteiger charge is -2.10. The summed E-state index contributed by atoms with van der Waals surface area (Å²) in [5.41, 5.74) is 0.0873. The summed E-state index contributed by atoms with van der Waals surface area (Å²) in [4.78, 5) is 12.7. The molecule has 126 valence electrons. The van der Waals surface area contributed by atoms with Gasteiger partial charge in [0.2, 0.25) is 11.2 Å². The molecule has 0 bridgehead atoms. The van der Waals surface area contributed by atoms with Gasteiger partial charge in [0.1, 0.15) is 34.7 Å². The van der Waals surface area contributed by atoms with Gasteiger partial charge in [-0.05, 0) is 31.2 Å². The van der Waals surface area contributed by atoms with E-state index in [1.54, 1.807) is 56.5 Å². The highest BCUT2D eigenvalue weighted by Crippen LogP contribution is 2.28. The molecule has 0 spiro atoms.